The predicted molar refractivity (Wildman–Crippen MR) is 66.5 cm³/mol. The van der Waals surface area contributed by atoms with E-state index in [1.165, 1.54) is 13.4 Å². The van der Waals surface area contributed by atoms with Crippen molar-refractivity contribution in [3.05, 3.63) is 17.6 Å². The monoisotopic (exact) mass is 269 g/mol. The molecular weight excluding hydrogens is 258 g/mol. The second-order valence-corrected chi connectivity index (χ2v) is 4.14. The molecule has 0 aliphatic carbocycles. The fourth-order valence-corrected chi connectivity index (χ4v) is 1.73. The van der Waals surface area contributed by atoms with Crippen molar-refractivity contribution >= 4 is 34.5 Å². The molecule has 6 nitrogen and oxygen atoms in total. The molecule has 0 saturated carbocycles. The molecule has 1 unspecified atom stereocenters. The third kappa shape index (κ3) is 2.70. The number of furan rings is 1. The molecule has 7 heteroatoms. The fourth-order valence-electron chi connectivity index (χ4n) is 1.55. The average molecular weight is 270 g/mol. The molecule has 2 rings (SSSR count). The van der Waals surface area contributed by atoms with Gasteiger partial charge in [0, 0.05) is 12.1 Å². The van der Waals surface area contributed by atoms with Crippen molar-refractivity contribution in [2.75, 3.05) is 12.4 Å². The van der Waals surface area contributed by atoms with Crippen molar-refractivity contribution in [2.24, 2.45) is 0 Å². The molecule has 2 aromatic heterocycles. The van der Waals surface area contributed by atoms with Crippen LogP contribution in [0.2, 0.25) is 5.28 Å². The summed E-state index contributed by atoms with van der Waals surface area (Å²) in [5.41, 5.74) is 1.12. The summed E-state index contributed by atoms with van der Waals surface area (Å²) in [6, 6.07) is 1.54. The summed E-state index contributed by atoms with van der Waals surface area (Å²) in [5, 5.41) is 3.17. The molecule has 96 valence electrons. The van der Waals surface area contributed by atoms with Crippen LogP contribution in [-0.2, 0) is 9.53 Å². The zero-order valence-corrected chi connectivity index (χ0v) is 10.7. The molecule has 18 heavy (non-hydrogen) atoms. The average Bonchev–Trinajstić information content (AvgIpc) is 2.76. The van der Waals surface area contributed by atoms with Gasteiger partial charge in [-0.1, -0.05) is 0 Å². The maximum absolute atomic E-state index is 11.1. The van der Waals surface area contributed by atoms with Crippen LogP contribution in [-0.4, -0.2) is 29.1 Å². The van der Waals surface area contributed by atoms with Crippen LogP contribution in [0, 0.1) is 0 Å². The Bertz CT molecular complexity index is 570. The quantitative estimate of drug-likeness (QED) is 0.677. The summed E-state index contributed by atoms with van der Waals surface area (Å²) in [6.07, 6.45) is 1.73. The van der Waals surface area contributed by atoms with E-state index in [-0.39, 0.29) is 23.7 Å². The predicted octanol–water partition coefficient (Wildman–Crippen LogP) is 2.24. The van der Waals surface area contributed by atoms with E-state index < -0.39 is 0 Å². The number of fused-ring (bicyclic) bond motifs is 1. The number of nitrogens with one attached hydrogen (secondary N) is 1. The normalized spacial score (nSPS) is 12.4. The number of esters is 1. The van der Waals surface area contributed by atoms with E-state index in [9.17, 15) is 4.79 Å². The van der Waals surface area contributed by atoms with Gasteiger partial charge in [-0.2, -0.15) is 4.98 Å². The highest BCUT2D eigenvalue weighted by Crippen LogP contribution is 2.23. The third-order valence-corrected chi connectivity index (χ3v) is 2.53. The van der Waals surface area contributed by atoms with E-state index in [0.29, 0.717) is 16.9 Å². The van der Waals surface area contributed by atoms with Crippen molar-refractivity contribution < 1.29 is 13.9 Å². The Morgan fingerprint density at radius 2 is 2.39 bits per heavy atom. The molecule has 0 bridgehead atoms. The first-order valence-electron chi connectivity index (χ1n) is 5.34. The molecule has 1 atom stereocenters. The first kappa shape index (κ1) is 12.6. The summed E-state index contributed by atoms with van der Waals surface area (Å²) < 4.78 is 9.87. The zero-order chi connectivity index (χ0) is 13.1. The molecule has 0 amide bonds. The first-order chi connectivity index (χ1) is 8.60. The van der Waals surface area contributed by atoms with Crippen LogP contribution < -0.4 is 5.32 Å². The van der Waals surface area contributed by atoms with Gasteiger partial charge in [0.15, 0.2) is 11.4 Å². The maximum atomic E-state index is 11.1. The Morgan fingerprint density at radius 3 is 3.11 bits per heavy atom. The van der Waals surface area contributed by atoms with Crippen molar-refractivity contribution in [3.8, 4) is 0 Å². The van der Waals surface area contributed by atoms with Crippen LogP contribution in [0.3, 0.4) is 0 Å². The molecule has 0 fully saturated rings. The number of aromatic nitrogens is 2. The Hall–Kier alpha value is -1.82. The van der Waals surface area contributed by atoms with E-state index in [0.717, 1.165) is 0 Å². The first-order valence-corrected chi connectivity index (χ1v) is 5.72. The summed E-state index contributed by atoms with van der Waals surface area (Å²) in [5.74, 6) is 0.164. The van der Waals surface area contributed by atoms with Gasteiger partial charge in [0.25, 0.3) is 0 Å². The molecule has 2 aromatic rings. The zero-order valence-electron chi connectivity index (χ0n) is 9.94. The lowest BCUT2D eigenvalue weighted by molar-refractivity contribution is -0.140. The number of nitrogens with zero attached hydrogens (tertiary/aromatic N) is 2. The van der Waals surface area contributed by atoms with Crippen molar-refractivity contribution in [1.82, 2.24) is 9.97 Å². The standard InChI is InChI=1S/C11H12ClN3O3/c1-6(5-8(16)17-2)13-10-9-7(3-4-18-9)14-11(12)15-10/h3-4,6H,5H2,1-2H3,(H,13,14,15). The van der Waals surface area contributed by atoms with Crippen LogP contribution in [0.15, 0.2) is 16.7 Å². The van der Waals surface area contributed by atoms with Crippen molar-refractivity contribution in [3.63, 3.8) is 0 Å². The molecular formula is C11H12ClN3O3. The lowest BCUT2D eigenvalue weighted by atomic mass is 10.2. The summed E-state index contributed by atoms with van der Waals surface area (Å²) in [4.78, 5) is 19.2. The number of rotatable bonds is 4. The Kier molecular flexibility index (Phi) is 3.66. The molecule has 2 heterocycles. The third-order valence-electron chi connectivity index (χ3n) is 2.36. The molecule has 1 N–H and O–H groups in total. The number of methoxy groups -OCH3 is 1. The summed E-state index contributed by atoms with van der Waals surface area (Å²) >= 11 is 5.80. The Labute approximate surface area is 108 Å². The topological polar surface area (TPSA) is 77.2 Å². The smallest absolute Gasteiger partial charge is 0.307 e. The van der Waals surface area contributed by atoms with Gasteiger partial charge in [-0.15, -0.1) is 0 Å². The lowest BCUT2D eigenvalue weighted by Gasteiger charge is -2.13. The molecule has 0 saturated heterocycles. The number of carbonyl (C=O) groups is 1. The molecule has 0 spiro atoms. The van der Waals surface area contributed by atoms with E-state index in [2.05, 4.69) is 20.0 Å². The molecule has 0 aliphatic rings. The minimum Gasteiger partial charge on any atom is -0.469 e. The van der Waals surface area contributed by atoms with E-state index in [4.69, 9.17) is 16.0 Å². The van der Waals surface area contributed by atoms with Crippen LogP contribution in [0.5, 0.6) is 0 Å². The highest BCUT2D eigenvalue weighted by Gasteiger charge is 2.14. The fraction of sp³-hybridized carbons (Fsp3) is 0.364. The van der Waals surface area contributed by atoms with Crippen molar-refractivity contribution in [1.29, 1.82) is 0 Å². The van der Waals surface area contributed by atoms with E-state index >= 15 is 0 Å². The van der Waals surface area contributed by atoms with Gasteiger partial charge in [0.05, 0.1) is 19.8 Å². The molecule has 0 aromatic carbocycles. The van der Waals surface area contributed by atoms with Gasteiger partial charge < -0.3 is 14.5 Å². The number of carbonyl (C=O) groups excluding carboxylic acids is 1. The Morgan fingerprint density at radius 1 is 1.61 bits per heavy atom. The summed E-state index contributed by atoms with van der Waals surface area (Å²) in [7, 11) is 1.35. The van der Waals surface area contributed by atoms with Gasteiger partial charge >= 0.3 is 5.97 Å². The lowest BCUT2D eigenvalue weighted by Crippen LogP contribution is -2.21. The van der Waals surface area contributed by atoms with Crippen LogP contribution in [0.1, 0.15) is 13.3 Å². The van der Waals surface area contributed by atoms with E-state index in [1.807, 2.05) is 6.92 Å². The van der Waals surface area contributed by atoms with Gasteiger partial charge in [-0.25, -0.2) is 4.98 Å². The number of hydrogen-bond acceptors (Lipinski definition) is 6. The second kappa shape index (κ2) is 5.22. The van der Waals surface area contributed by atoms with Crippen LogP contribution >= 0.6 is 11.6 Å². The largest absolute Gasteiger partial charge is 0.469 e. The van der Waals surface area contributed by atoms with E-state index in [1.54, 1.807) is 6.07 Å². The Balaban J connectivity index is 2.20. The maximum Gasteiger partial charge on any atom is 0.307 e. The van der Waals surface area contributed by atoms with Crippen molar-refractivity contribution in [2.45, 2.75) is 19.4 Å². The number of halogens is 1. The van der Waals surface area contributed by atoms with Crippen LogP contribution in [0.4, 0.5) is 5.82 Å². The van der Waals surface area contributed by atoms with Gasteiger partial charge in [0.2, 0.25) is 5.28 Å². The second-order valence-electron chi connectivity index (χ2n) is 3.80. The molecule has 0 radical (unpaired) electrons. The van der Waals surface area contributed by atoms with Gasteiger partial charge in [-0.3, -0.25) is 4.79 Å². The van der Waals surface area contributed by atoms with Crippen LogP contribution in [0.25, 0.3) is 11.1 Å². The van der Waals surface area contributed by atoms with Gasteiger partial charge in [-0.05, 0) is 18.5 Å². The highest BCUT2D eigenvalue weighted by atomic mass is 35.5. The number of hydrogen-bond donors (Lipinski definition) is 1. The number of anilines is 1. The molecule has 0 aliphatic heterocycles. The highest BCUT2D eigenvalue weighted by molar-refractivity contribution is 6.28. The minimum absolute atomic E-state index is 0.122. The summed E-state index contributed by atoms with van der Waals surface area (Å²) in [6.45, 7) is 1.84. The number of ether oxygens (including phenoxy) is 1. The van der Waals surface area contributed by atoms with Gasteiger partial charge in [0.1, 0.15) is 5.52 Å². The minimum atomic E-state index is -0.300. The SMILES string of the molecule is COC(=O)CC(C)Nc1nc(Cl)nc2ccoc12.